The van der Waals surface area contributed by atoms with Gasteiger partial charge in [-0.05, 0) is 12.1 Å². The summed E-state index contributed by atoms with van der Waals surface area (Å²) in [5.41, 5.74) is 0.167. The van der Waals surface area contributed by atoms with Crippen LogP contribution in [0.1, 0.15) is 6.92 Å². The lowest BCUT2D eigenvalue weighted by atomic mass is 10.3. The van der Waals surface area contributed by atoms with Crippen LogP contribution in [0.2, 0.25) is 0 Å². The number of carbonyl (C=O) groups is 1. The fraction of sp³-hybridized carbons (Fsp3) is 0.400. The molecule has 0 radical (unpaired) electrons. The van der Waals surface area contributed by atoms with Gasteiger partial charge >= 0.3 is 5.97 Å². The predicted molar refractivity (Wildman–Crippen MR) is 29.4 cm³/mol. The average Bonchev–Trinajstić information content (AvgIpc) is 2.10. The Morgan fingerprint density at radius 2 is 2.44 bits per heavy atom. The highest BCUT2D eigenvalue weighted by Gasteiger charge is 2.21. The number of esters is 1. The summed E-state index contributed by atoms with van der Waals surface area (Å²) >= 11 is 0. The summed E-state index contributed by atoms with van der Waals surface area (Å²) in [4.78, 5) is 20.1. The summed E-state index contributed by atoms with van der Waals surface area (Å²) in [6.07, 6.45) is 0.632. The SMILES string of the molecule is CC1OC(=O)C=C1N=O. The van der Waals surface area contributed by atoms with Crippen LogP contribution in [-0.2, 0) is 9.53 Å². The lowest BCUT2D eigenvalue weighted by molar-refractivity contribution is -0.138. The van der Waals surface area contributed by atoms with Gasteiger partial charge < -0.3 is 4.74 Å². The Kier molecular flexibility index (Phi) is 1.30. The summed E-state index contributed by atoms with van der Waals surface area (Å²) in [6.45, 7) is 1.60. The standard InChI is InChI=1S/C5H5NO3/c1-3-4(6-8)2-5(7)9-3/h2-3H,1H3. The molecule has 0 bridgehead atoms. The highest BCUT2D eigenvalue weighted by molar-refractivity contribution is 5.85. The number of carbonyl (C=O) groups excluding carboxylic acids is 1. The van der Waals surface area contributed by atoms with Crippen LogP contribution in [0.25, 0.3) is 0 Å². The molecule has 0 spiro atoms. The van der Waals surface area contributed by atoms with E-state index in [9.17, 15) is 9.70 Å². The molecule has 0 amide bonds. The molecular weight excluding hydrogens is 122 g/mol. The summed E-state index contributed by atoms with van der Waals surface area (Å²) < 4.78 is 4.54. The van der Waals surface area contributed by atoms with Crippen molar-refractivity contribution in [3.63, 3.8) is 0 Å². The fourth-order valence-corrected chi connectivity index (χ4v) is 0.607. The van der Waals surface area contributed by atoms with Crippen molar-refractivity contribution in [2.45, 2.75) is 13.0 Å². The van der Waals surface area contributed by atoms with Crippen LogP contribution in [0.15, 0.2) is 16.9 Å². The van der Waals surface area contributed by atoms with Gasteiger partial charge in [0.1, 0.15) is 11.8 Å². The van der Waals surface area contributed by atoms with Crippen molar-refractivity contribution in [2.24, 2.45) is 5.18 Å². The second kappa shape index (κ2) is 1.97. The van der Waals surface area contributed by atoms with Gasteiger partial charge in [0.25, 0.3) is 0 Å². The molecule has 0 aliphatic carbocycles. The number of nitroso groups, excluding NO2 is 1. The number of cyclic esters (lactones) is 1. The van der Waals surface area contributed by atoms with Gasteiger partial charge in [-0.3, -0.25) is 0 Å². The molecule has 0 saturated heterocycles. The highest BCUT2D eigenvalue weighted by Crippen LogP contribution is 2.14. The summed E-state index contributed by atoms with van der Waals surface area (Å²) in [7, 11) is 0. The van der Waals surface area contributed by atoms with Crippen molar-refractivity contribution in [3.8, 4) is 0 Å². The largest absolute Gasteiger partial charge is 0.453 e. The van der Waals surface area contributed by atoms with Gasteiger partial charge in [0, 0.05) is 0 Å². The lowest BCUT2D eigenvalue weighted by Crippen LogP contribution is -2.04. The molecule has 0 fully saturated rings. The zero-order valence-electron chi connectivity index (χ0n) is 4.83. The lowest BCUT2D eigenvalue weighted by Gasteiger charge is -1.98. The highest BCUT2D eigenvalue weighted by atomic mass is 16.5. The van der Waals surface area contributed by atoms with E-state index in [1.54, 1.807) is 6.92 Å². The molecule has 0 saturated carbocycles. The minimum absolute atomic E-state index is 0.167. The molecule has 0 aromatic rings. The number of ether oxygens (including phenoxy) is 1. The average molecular weight is 127 g/mol. The molecule has 0 aromatic heterocycles. The van der Waals surface area contributed by atoms with Crippen LogP contribution in [-0.4, -0.2) is 12.1 Å². The first-order chi connectivity index (χ1) is 4.24. The number of rotatable bonds is 1. The van der Waals surface area contributed by atoms with E-state index in [2.05, 4.69) is 9.91 Å². The van der Waals surface area contributed by atoms with E-state index in [1.165, 1.54) is 0 Å². The molecule has 9 heavy (non-hydrogen) atoms. The molecule has 0 aromatic carbocycles. The van der Waals surface area contributed by atoms with Crippen LogP contribution in [0, 0.1) is 4.91 Å². The van der Waals surface area contributed by atoms with E-state index in [1.807, 2.05) is 0 Å². The third-order valence-electron chi connectivity index (χ3n) is 1.08. The number of nitrogens with zero attached hydrogens (tertiary/aromatic N) is 1. The molecule has 1 heterocycles. The molecule has 48 valence electrons. The Labute approximate surface area is 51.5 Å². The molecule has 1 rings (SSSR count). The number of hydrogen-bond donors (Lipinski definition) is 0. The van der Waals surface area contributed by atoms with Crippen LogP contribution in [0.4, 0.5) is 0 Å². The van der Waals surface area contributed by atoms with Gasteiger partial charge in [-0.2, -0.15) is 0 Å². The van der Waals surface area contributed by atoms with E-state index in [-0.39, 0.29) is 5.70 Å². The Morgan fingerprint density at radius 3 is 2.67 bits per heavy atom. The van der Waals surface area contributed by atoms with Gasteiger partial charge in [-0.25, -0.2) is 4.79 Å². The van der Waals surface area contributed by atoms with Crippen LogP contribution in [0.5, 0.6) is 0 Å². The van der Waals surface area contributed by atoms with E-state index in [4.69, 9.17) is 0 Å². The normalized spacial score (nSPS) is 25.2. The van der Waals surface area contributed by atoms with Crippen LogP contribution >= 0.6 is 0 Å². The van der Waals surface area contributed by atoms with Gasteiger partial charge in [-0.15, -0.1) is 4.91 Å². The maximum absolute atomic E-state index is 10.3. The van der Waals surface area contributed by atoms with Crippen LogP contribution < -0.4 is 0 Å². The molecule has 4 nitrogen and oxygen atoms in total. The van der Waals surface area contributed by atoms with Crippen molar-refractivity contribution < 1.29 is 9.53 Å². The maximum Gasteiger partial charge on any atom is 0.333 e. The van der Waals surface area contributed by atoms with Gasteiger partial charge in [0.15, 0.2) is 0 Å². The molecule has 0 N–H and O–H groups in total. The summed E-state index contributed by atoms with van der Waals surface area (Å²) in [6, 6.07) is 0. The first-order valence-corrected chi connectivity index (χ1v) is 2.49. The van der Waals surface area contributed by atoms with Crippen molar-refractivity contribution in [2.75, 3.05) is 0 Å². The Hall–Kier alpha value is -1.19. The topological polar surface area (TPSA) is 55.7 Å². The second-order valence-electron chi connectivity index (χ2n) is 1.74. The Bertz CT molecular complexity index is 185. The third kappa shape index (κ3) is 0.960. The van der Waals surface area contributed by atoms with E-state index in [0.29, 0.717) is 0 Å². The fourth-order valence-electron chi connectivity index (χ4n) is 0.607. The summed E-state index contributed by atoms with van der Waals surface area (Å²) in [5.74, 6) is -0.489. The number of hydrogen-bond acceptors (Lipinski definition) is 4. The van der Waals surface area contributed by atoms with Crippen molar-refractivity contribution >= 4 is 5.97 Å². The molecule has 1 atom stereocenters. The smallest absolute Gasteiger partial charge is 0.333 e. The van der Waals surface area contributed by atoms with E-state index in [0.717, 1.165) is 6.08 Å². The molecule has 4 heteroatoms. The minimum Gasteiger partial charge on any atom is -0.453 e. The molecule has 1 aliphatic rings. The van der Waals surface area contributed by atoms with E-state index < -0.39 is 12.1 Å². The van der Waals surface area contributed by atoms with Gasteiger partial charge in [-0.1, -0.05) is 0 Å². The zero-order chi connectivity index (χ0) is 6.85. The molecule has 1 aliphatic heterocycles. The van der Waals surface area contributed by atoms with Crippen LogP contribution in [0.3, 0.4) is 0 Å². The van der Waals surface area contributed by atoms with Crippen molar-refractivity contribution in [1.29, 1.82) is 0 Å². The monoisotopic (exact) mass is 127 g/mol. The maximum atomic E-state index is 10.3. The second-order valence-corrected chi connectivity index (χ2v) is 1.74. The first kappa shape index (κ1) is 5.94. The predicted octanol–water partition coefficient (Wildman–Crippen LogP) is 0.582. The third-order valence-corrected chi connectivity index (χ3v) is 1.08. The quantitative estimate of drug-likeness (QED) is 0.382. The van der Waals surface area contributed by atoms with Crippen molar-refractivity contribution in [1.82, 2.24) is 0 Å². The van der Waals surface area contributed by atoms with Crippen molar-refractivity contribution in [3.05, 3.63) is 16.7 Å². The zero-order valence-corrected chi connectivity index (χ0v) is 4.83. The Morgan fingerprint density at radius 1 is 1.78 bits per heavy atom. The molecular formula is C5H5NO3. The van der Waals surface area contributed by atoms with E-state index >= 15 is 0 Å². The van der Waals surface area contributed by atoms with Gasteiger partial charge in [0.05, 0.1) is 6.08 Å². The first-order valence-electron chi connectivity index (χ1n) is 2.49. The minimum atomic E-state index is -0.489. The molecule has 1 unspecified atom stereocenters. The summed E-state index contributed by atoms with van der Waals surface area (Å²) in [5, 5.41) is 2.58. The Balaban J connectivity index is 2.80. The van der Waals surface area contributed by atoms with Gasteiger partial charge in [0.2, 0.25) is 0 Å².